The van der Waals surface area contributed by atoms with Gasteiger partial charge in [-0.25, -0.2) is 4.39 Å². The summed E-state index contributed by atoms with van der Waals surface area (Å²) in [7, 11) is 0. The highest BCUT2D eigenvalue weighted by Gasteiger charge is 2.26. The molecule has 0 bridgehead atoms. The van der Waals surface area contributed by atoms with Crippen LogP contribution in [0, 0.1) is 26.6 Å². The van der Waals surface area contributed by atoms with Crippen LogP contribution in [0.3, 0.4) is 0 Å². The lowest BCUT2D eigenvalue weighted by molar-refractivity contribution is 0.0348. The van der Waals surface area contributed by atoms with Crippen molar-refractivity contribution in [3.05, 3.63) is 70.1 Å². The van der Waals surface area contributed by atoms with Gasteiger partial charge in [-0.2, -0.15) is 0 Å². The third kappa shape index (κ3) is 6.63. The summed E-state index contributed by atoms with van der Waals surface area (Å²) in [5, 5.41) is 10.6. The molecule has 6 heteroatoms. The van der Waals surface area contributed by atoms with Gasteiger partial charge >= 0.3 is 0 Å². The van der Waals surface area contributed by atoms with Gasteiger partial charge in [-0.3, -0.25) is 9.80 Å². The number of nitrogens with two attached hydrogens (primary N) is 1. The van der Waals surface area contributed by atoms with E-state index in [-0.39, 0.29) is 12.4 Å². The van der Waals surface area contributed by atoms with Gasteiger partial charge < -0.3 is 15.6 Å². The minimum absolute atomic E-state index is 0.173. The number of anilines is 1. The monoisotopic (exact) mass is 481 g/mol. The van der Waals surface area contributed by atoms with Crippen molar-refractivity contribution in [1.82, 2.24) is 9.80 Å². The molecule has 1 aliphatic heterocycles. The van der Waals surface area contributed by atoms with Gasteiger partial charge in [0.05, 0.1) is 0 Å². The molecular weight excluding hydrogens is 441 g/mol. The van der Waals surface area contributed by atoms with Gasteiger partial charge in [0, 0.05) is 44.5 Å². The fourth-order valence-electron chi connectivity index (χ4n) is 5.29. The van der Waals surface area contributed by atoms with Crippen LogP contribution in [-0.2, 0) is 6.42 Å². The van der Waals surface area contributed by atoms with E-state index in [0.29, 0.717) is 12.6 Å². The van der Waals surface area contributed by atoms with E-state index in [0.717, 1.165) is 73.6 Å². The average molecular weight is 482 g/mol. The lowest BCUT2D eigenvalue weighted by Gasteiger charge is -2.41. The predicted octanol–water partition coefficient (Wildman–Crippen LogP) is 4.41. The molecule has 2 aliphatic rings. The number of allylic oxidation sites excluding steroid dienone is 1. The van der Waals surface area contributed by atoms with Gasteiger partial charge in [-0.15, -0.1) is 0 Å². The van der Waals surface area contributed by atoms with Crippen LogP contribution in [0.15, 0.2) is 42.0 Å². The Morgan fingerprint density at radius 3 is 2.46 bits per heavy atom. The number of piperazine rings is 1. The van der Waals surface area contributed by atoms with Gasteiger partial charge in [-0.05, 0) is 86.9 Å². The molecule has 5 nitrogen and oxygen atoms in total. The van der Waals surface area contributed by atoms with Crippen LogP contribution in [0.4, 0.5) is 10.1 Å². The van der Waals surface area contributed by atoms with Crippen LogP contribution >= 0.6 is 0 Å². The Labute approximate surface area is 209 Å². The van der Waals surface area contributed by atoms with E-state index in [1.807, 2.05) is 39.0 Å². The van der Waals surface area contributed by atoms with Crippen molar-refractivity contribution >= 4 is 5.69 Å². The van der Waals surface area contributed by atoms with E-state index < -0.39 is 6.10 Å². The van der Waals surface area contributed by atoms with Gasteiger partial charge in [-0.1, -0.05) is 23.8 Å². The molecule has 0 radical (unpaired) electrons. The number of β-amino-alcohol motifs (C(OH)–C–C–N with tert-alkyl or cyclic N) is 1. The van der Waals surface area contributed by atoms with Gasteiger partial charge in [0.25, 0.3) is 0 Å². The van der Waals surface area contributed by atoms with Gasteiger partial charge in [0.1, 0.15) is 24.3 Å². The fourth-order valence-corrected chi connectivity index (χ4v) is 5.29. The van der Waals surface area contributed by atoms with Crippen LogP contribution in [0.2, 0.25) is 0 Å². The quantitative estimate of drug-likeness (QED) is 0.432. The van der Waals surface area contributed by atoms with Crippen molar-refractivity contribution in [1.29, 1.82) is 0 Å². The third-order valence-corrected chi connectivity index (χ3v) is 7.75. The van der Waals surface area contributed by atoms with Crippen LogP contribution < -0.4 is 10.5 Å². The molecule has 1 saturated heterocycles. The normalized spacial score (nSPS) is 20.5. The van der Waals surface area contributed by atoms with E-state index in [1.54, 1.807) is 12.1 Å². The average Bonchev–Trinajstić information content (AvgIpc) is 2.86. The molecule has 0 amide bonds. The number of hydrogen-bond acceptors (Lipinski definition) is 5. The number of nitrogen functional groups attached to an aromatic ring is 1. The molecule has 0 saturated carbocycles. The smallest absolute Gasteiger partial charge is 0.123 e. The van der Waals surface area contributed by atoms with Crippen LogP contribution in [0.1, 0.15) is 41.5 Å². The molecule has 1 aliphatic carbocycles. The molecule has 3 N–H and O–H groups in total. The topological polar surface area (TPSA) is 62.0 Å². The largest absolute Gasteiger partial charge is 0.491 e. The number of aliphatic hydroxyl groups is 1. The maximum atomic E-state index is 13.1. The first-order valence-electron chi connectivity index (χ1n) is 12.9. The summed E-state index contributed by atoms with van der Waals surface area (Å²) in [6, 6.07) is 9.44. The number of rotatable bonds is 8. The highest BCUT2D eigenvalue weighted by molar-refractivity contribution is 5.60. The molecule has 0 aromatic heterocycles. The molecule has 35 heavy (non-hydrogen) atoms. The van der Waals surface area contributed by atoms with E-state index in [9.17, 15) is 9.50 Å². The number of aliphatic hydroxyl groups excluding tert-OH is 1. The van der Waals surface area contributed by atoms with E-state index in [4.69, 9.17) is 10.5 Å². The minimum Gasteiger partial charge on any atom is -0.491 e. The van der Waals surface area contributed by atoms with Crippen molar-refractivity contribution in [3.8, 4) is 5.75 Å². The second-order valence-electron chi connectivity index (χ2n) is 10.3. The Bertz CT molecular complexity index is 1030. The Kier molecular flexibility index (Phi) is 8.47. The van der Waals surface area contributed by atoms with Crippen molar-refractivity contribution in [3.63, 3.8) is 0 Å². The van der Waals surface area contributed by atoms with Crippen molar-refractivity contribution in [2.75, 3.05) is 45.1 Å². The zero-order valence-electron chi connectivity index (χ0n) is 21.4. The summed E-state index contributed by atoms with van der Waals surface area (Å²) in [5.74, 6) is 0.634. The zero-order chi connectivity index (χ0) is 24.9. The van der Waals surface area contributed by atoms with Crippen LogP contribution in [0.5, 0.6) is 5.75 Å². The van der Waals surface area contributed by atoms with Gasteiger partial charge in [0.2, 0.25) is 0 Å². The minimum atomic E-state index is -0.522. The molecule has 1 heterocycles. The molecule has 2 atom stereocenters. The predicted molar refractivity (Wildman–Crippen MR) is 140 cm³/mol. The SMILES string of the molecule is Cc1cc(OC[C@@H](O)CN2CCN(C3CC=C(Cc4ccc(F)cc4)CC3)CC2)c(C)c(C)c1N. The van der Waals surface area contributed by atoms with E-state index in [1.165, 1.54) is 17.6 Å². The number of nitrogens with zero attached hydrogens (tertiary/aromatic N) is 2. The van der Waals surface area contributed by atoms with E-state index in [2.05, 4.69) is 15.9 Å². The lowest BCUT2D eigenvalue weighted by Crippen LogP contribution is -2.52. The highest BCUT2D eigenvalue weighted by Crippen LogP contribution is 2.29. The Morgan fingerprint density at radius 2 is 1.80 bits per heavy atom. The van der Waals surface area contributed by atoms with E-state index >= 15 is 0 Å². The number of benzene rings is 2. The Balaban J connectivity index is 1.19. The zero-order valence-corrected chi connectivity index (χ0v) is 21.4. The first-order chi connectivity index (χ1) is 16.8. The second-order valence-corrected chi connectivity index (χ2v) is 10.3. The number of aryl methyl sites for hydroxylation is 1. The Hall–Kier alpha value is -2.41. The molecule has 2 aromatic carbocycles. The van der Waals surface area contributed by atoms with Crippen LogP contribution in [-0.4, -0.2) is 66.4 Å². The number of halogens is 1. The molecular formula is C29H40FN3O2. The number of ether oxygens (including phenoxy) is 1. The first-order valence-corrected chi connectivity index (χ1v) is 12.9. The molecule has 0 spiro atoms. The summed E-state index contributed by atoms with van der Waals surface area (Å²) < 4.78 is 19.1. The highest BCUT2D eigenvalue weighted by atomic mass is 19.1. The summed E-state index contributed by atoms with van der Waals surface area (Å²) in [5.41, 5.74) is 12.7. The first kappa shape index (κ1) is 25.7. The summed E-state index contributed by atoms with van der Waals surface area (Å²) in [6.07, 6.45) is 6.19. The van der Waals surface area contributed by atoms with Crippen molar-refractivity contribution in [2.45, 2.75) is 58.6 Å². The molecule has 4 rings (SSSR count). The van der Waals surface area contributed by atoms with Crippen molar-refractivity contribution < 1.29 is 14.2 Å². The summed E-state index contributed by atoms with van der Waals surface area (Å²) >= 11 is 0. The lowest BCUT2D eigenvalue weighted by atomic mass is 9.90. The summed E-state index contributed by atoms with van der Waals surface area (Å²) in [4.78, 5) is 4.95. The van der Waals surface area contributed by atoms with Gasteiger partial charge in [0.15, 0.2) is 0 Å². The number of hydrogen-bond donors (Lipinski definition) is 2. The fraction of sp³-hybridized carbons (Fsp3) is 0.517. The molecule has 190 valence electrons. The van der Waals surface area contributed by atoms with Crippen LogP contribution in [0.25, 0.3) is 0 Å². The standard InChI is InChI=1S/C29H40FN3O2/c1-20-16-28(21(2)22(3)29(20)31)35-19-27(34)18-32-12-14-33(15-13-32)26-10-6-24(7-11-26)17-23-4-8-25(30)9-5-23/h4-6,8-9,16,26-27,34H,7,10-15,17-19,31H2,1-3H3/t26?,27-/m0/s1. The maximum absolute atomic E-state index is 13.1. The molecule has 1 unspecified atom stereocenters. The summed E-state index contributed by atoms with van der Waals surface area (Å²) in [6.45, 7) is 10.9. The maximum Gasteiger partial charge on any atom is 0.123 e. The molecule has 1 fully saturated rings. The third-order valence-electron chi connectivity index (χ3n) is 7.75. The van der Waals surface area contributed by atoms with Crippen molar-refractivity contribution in [2.24, 2.45) is 0 Å². The Morgan fingerprint density at radius 1 is 1.09 bits per heavy atom. The second kappa shape index (κ2) is 11.5. The molecule has 2 aromatic rings.